The average Bonchev–Trinajstić information content (AvgIpc) is 2.76. The molecule has 5 heteroatoms. The van der Waals surface area contributed by atoms with Crippen molar-refractivity contribution in [3.05, 3.63) is 96.3 Å². The fourth-order valence-corrected chi connectivity index (χ4v) is 2.41. The van der Waals surface area contributed by atoms with Gasteiger partial charge in [0.2, 0.25) is 5.91 Å². The minimum Gasteiger partial charge on any atom is -0.492 e. The van der Waals surface area contributed by atoms with E-state index in [0.29, 0.717) is 19.8 Å². The van der Waals surface area contributed by atoms with Crippen molar-refractivity contribution in [2.75, 3.05) is 13.2 Å². The normalized spacial score (nSPS) is 10.6. The highest BCUT2D eigenvalue weighted by Gasteiger charge is 1.98. The molecule has 28 heavy (non-hydrogen) atoms. The molecule has 0 aliphatic heterocycles. The Morgan fingerprint density at radius 2 is 1.64 bits per heavy atom. The maximum absolute atomic E-state index is 11.9. The largest absolute Gasteiger partial charge is 0.492 e. The van der Waals surface area contributed by atoms with Gasteiger partial charge >= 0.3 is 0 Å². The van der Waals surface area contributed by atoms with Crippen LogP contribution < -0.4 is 14.8 Å². The Labute approximate surface area is 164 Å². The van der Waals surface area contributed by atoms with E-state index in [9.17, 15) is 4.79 Å². The third-order valence-corrected chi connectivity index (χ3v) is 3.83. The number of amides is 1. The number of benzene rings is 2. The van der Waals surface area contributed by atoms with Gasteiger partial charge in [-0.25, -0.2) is 0 Å². The van der Waals surface area contributed by atoms with Gasteiger partial charge in [0.15, 0.2) is 0 Å². The van der Waals surface area contributed by atoms with Gasteiger partial charge in [-0.3, -0.25) is 9.78 Å². The highest BCUT2D eigenvalue weighted by molar-refractivity contribution is 5.91. The molecule has 2 aromatic carbocycles. The lowest BCUT2D eigenvalue weighted by atomic mass is 10.2. The van der Waals surface area contributed by atoms with Crippen LogP contribution in [0.5, 0.6) is 11.5 Å². The van der Waals surface area contributed by atoms with E-state index < -0.39 is 0 Å². The van der Waals surface area contributed by atoms with Crippen molar-refractivity contribution >= 4 is 12.0 Å². The van der Waals surface area contributed by atoms with E-state index in [1.165, 1.54) is 6.08 Å². The number of hydrogen-bond donors (Lipinski definition) is 1. The molecule has 0 radical (unpaired) electrons. The molecule has 1 aromatic heterocycles. The van der Waals surface area contributed by atoms with Gasteiger partial charge < -0.3 is 14.8 Å². The Morgan fingerprint density at radius 3 is 2.39 bits per heavy atom. The Balaban J connectivity index is 1.38. The standard InChI is InChI=1S/C23H22N2O3/c26-23(25-16-17-27-21-7-2-1-3-8-21)14-11-19-9-12-22(13-10-19)28-18-20-6-4-5-15-24-20/h1-15H,16-18H2,(H,25,26)/b14-11+. The fraction of sp³-hybridized carbons (Fsp3) is 0.130. The third kappa shape index (κ3) is 6.61. The maximum atomic E-state index is 11.9. The second kappa shape index (κ2) is 10.5. The topological polar surface area (TPSA) is 60.5 Å². The fourth-order valence-electron chi connectivity index (χ4n) is 2.41. The van der Waals surface area contributed by atoms with Gasteiger partial charge in [-0.15, -0.1) is 0 Å². The van der Waals surface area contributed by atoms with Gasteiger partial charge in [0, 0.05) is 12.3 Å². The number of rotatable bonds is 9. The molecule has 0 saturated carbocycles. The van der Waals surface area contributed by atoms with Crippen molar-refractivity contribution in [2.24, 2.45) is 0 Å². The van der Waals surface area contributed by atoms with Crippen molar-refractivity contribution in [3.8, 4) is 11.5 Å². The van der Waals surface area contributed by atoms with Crippen molar-refractivity contribution in [1.29, 1.82) is 0 Å². The molecule has 0 unspecified atom stereocenters. The molecule has 0 aliphatic rings. The monoisotopic (exact) mass is 374 g/mol. The quantitative estimate of drug-likeness (QED) is 0.456. The molecule has 3 aromatic rings. The summed E-state index contributed by atoms with van der Waals surface area (Å²) in [7, 11) is 0. The first-order chi connectivity index (χ1) is 13.8. The van der Waals surface area contributed by atoms with Crippen LogP contribution in [0.4, 0.5) is 0 Å². The van der Waals surface area contributed by atoms with Crippen LogP contribution in [0.3, 0.4) is 0 Å². The van der Waals surface area contributed by atoms with Gasteiger partial charge in [0.05, 0.1) is 12.2 Å². The Kier molecular flexibility index (Phi) is 7.21. The van der Waals surface area contributed by atoms with Crippen LogP contribution >= 0.6 is 0 Å². The number of nitrogens with one attached hydrogen (secondary N) is 1. The zero-order chi connectivity index (χ0) is 19.4. The zero-order valence-corrected chi connectivity index (χ0v) is 15.5. The molecule has 3 rings (SSSR count). The van der Waals surface area contributed by atoms with Crippen LogP contribution in [-0.2, 0) is 11.4 Å². The second-order valence-electron chi connectivity index (χ2n) is 5.96. The summed E-state index contributed by atoms with van der Waals surface area (Å²) >= 11 is 0. The van der Waals surface area contributed by atoms with E-state index in [2.05, 4.69) is 10.3 Å². The Bertz CT molecular complexity index is 879. The molecule has 0 spiro atoms. The number of carbonyl (C=O) groups is 1. The van der Waals surface area contributed by atoms with E-state index in [4.69, 9.17) is 9.47 Å². The minimum atomic E-state index is -0.160. The van der Waals surface area contributed by atoms with E-state index in [-0.39, 0.29) is 5.91 Å². The lowest BCUT2D eigenvalue weighted by Crippen LogP contribution is -2.26. The highest BCUT2D eigenvalue weighted by Crippen LogP contribution is 2.14. The van der Waals surface area contributed by atoms with E-state index in [0.717, 1.165) is 22.8 Å². The molecular weight excluding hydrogens is 352 g/mol. The number of ether oxygens (including phenoxy) is 2. The SMILES string of the molecule is O=C(/C=C/c1ccc(OCc2ccccn2)cc1)NCCOc1ccccc1. The summed E-state index contributed by atoms with van der Waals surface area (Å²) in [6, 6.07) is 22.8. The number of para-hydroxylation sites is 1. The lowest BCUT2D eigenvalue weighted by Gasteiger charge is -2.06. The number of nitrogens with zero attached hydrogens (tertiary/aromatic N) is 1. The molecule has 0 atom stereocenters. The molecule has 1 heterocycles. The smallest absolute Gasteiger partial charge is 0.244 e. The van der Waals surface area contributed by atoms with Gasteiger partial charge in [-0.2, -0.15) is 0 Å². The summed E-state index contributed by atoms with van der Waals surface area (Å²) in [5.74, 6) is 1.38. The average molecular weight is 374 g/mol. The summed E-state index contributed by atoms with van der Waals surface area (Å²) < 4.78 is 11.2. The van der Waals surface area contributed by atoms with E-state index in [1.807, 2.05) is 72.8 Å². The van der Waals surface area contributed by atoms with Gasteiger partial charge in [-0.05, 0) is 48.0 Å². The molecule has 1 amide bonds. The summed E-state index contributed by atoms with van der Waals surface area (Å²) in [6.07, 6.45) is 5.01. The van der Waals surface area contributed by atoms with Crippen LogP contribution in [0.2, 0.25) is 0 Å². The highest BCUT2D eigenvalue weighted by atomic mass is 16.5. The van der Waals surface area contributed by atoms with Crippen LogP contribution in [0.15, 0.2) is 85.1 Å². The predicted molar refractivity (Wildman–Crippen MR) is 109 cm³/mol. The number of pyridine rings is 1. The van der Waals surface area contributed by atoms with E-state index in [1.54, 1.807) is 12.3 Å². The number of aromatic nitrogens is 1. The predicted octanol–water partition coefficient (Wildman–Crippen LogP) is 3.87. The van der Waals surface area contributed by atoms with Crippen molar-refractivity contribution in [3.63, 3.8) is 0 Å². The van der Waals surface area contributed by atoms with Crippen LogP contribution in [0.1, 0.15) is 11.3 Å². The van der Waals surface area contributed by atoms with E-state index >= 15 is 0 Å². The summed E-state index contributed by atoms with van der Waals surface area (Å²) in [6.45, 7) is 1.29. The molecule has 1 N–H and O–H groups in total. The van der Waals surface area contributed by atoms with Crippen molar-refractivity contribution < 1.29 is 14.3 Å². The third-order valence-electron chi connectivity index (χ3n) is 3.83. The first-order valence-corrected chi connectivity index (χ1v) is 9.06. The molecule has 0 fully saturated rings. The van der Waals surface area contributed by atoms with Crippen LogP contribution in [0, 0.1) is 0 Å². The van der Waals surface area contributed by atoms with Gasteiger partial charge in [-0.1, -0.05) is 36.4 Å². The minimum absolute atomic E-state index is 0.160. The van der Waals surface area contributed by atoms with Gasteiger partial charge in [0.25, 0.3) is 0 Å². The Morgan fingerprint density at radius 1 is 0.893 bits per heavy atom. The van der Waals surface area contributed by atoms with Crippen molar-refractivity contribution in [2.45, 2.75) is 6.61 Å². The second-order valence-corrected chi connectivity index (χ2v) is 5.96. The summed E-state index contributed by atoms with van der Waals surface area (Å²) in [5.41, 5.74) is 1.79. The first-order valence-electron chi connectivity index (χ1n) is 9.06. The number of hydrogen-bond acceptors (Lipinski definition) is 4. The molecule has 5 nitrogen and oxygen atoms in total. The van der Waals surface area contributed by atoms with Crippen LogP contribution in [-0.4, -0.2) is 24.0 Å². The zero-order valence-electron chi connectivity index (χ0n) is 15.5. The molecule has 142 valence electrons. The molecular formula is C23H22N2O3. The first kappa shape index (κ1) is 19.2. The lowest BCUT2D eigenvalue weighted by molar-refractivity contribution is -0.116. The van der Waals surface area contributed by atoms with Crippen molar-refractivity contribution in [1.82, 2.24) is 10.3 Å². The van der Waals surface area contributed by atoms with Gasteiger partial charge in [0.1, 0.15) is 24.7 Å². The maximum Gasteiger partial charge on any atom is 0.244 e. The molecule has 0 aliphatic carbocycles. The number of carbonyl (C=O) groups excluding carboxylic acids is 1. The molecule has 0 bridgehead atoms. The molecule has 0 saturated heterocycles. The summed E-state index contributed by atoms with van der Waals surface area (Å²) in [5, 5.41) is 2.79. The van der Waals surface area contributed by atoms with Crippen LogP contribution in [0.25, 0.3) is 6.08 Å². The summed E-state index contributed by atoms with van der Waals surface area (Å²) in [4.78, 5) is 16.1. The Hall–Kier alpha value is -3.60.